The van der Waals surface area contributed by atoms with Crippen LogP contribution in [0, 0.1) is 6.92 Å². The summed E-state index contributed by atoms with van der Waals surface area (Å²) in [5.74, 6) is -0.268. The molecule has 0 aliphatic carbocycles. The fourth-order valence-electron chi connectivity index (χ4n) is 1.95. The lowest BCUT2D eigenvalue weighted by Crippen LogP contribution is -2.29. The minimum Gasteiger partial charge on any atom is -0.399 e. The highest BCUT2D eigenvalue weighted by molar-refractivity contribution is 7.86. The molecule has 0 aliphatic heterocycles. The highest BCUT2D eigenvalue weighted by Gasteiger charge is 2.22. The van der Waals surface area contributed by atoms with Gasteiger partial charge in [0, 0.05) is 16.3 Å². The summed E-state index contributed by atoms with van der Waals surface area (Å²) < 4.78 is 12.5. The van der Waals surface area contributed by atoms with Gasteiger partial charge in [-0.05, 0) is 49.7 Å². The first-order valence-corrected chi connectivity index (χ1v) is 7.83. The summed E-state index contributed by atoms with van der Waals surface area (Å²) >= 11 is 0. The lowest BCUT2D eigenvalue weighted by Gasteiger charge is -2.14. The van der Waals surface area contributed by atoms with E-state index in [2.05, 4.69) is 5.32 Å². The number of anilines is 2. The summed E-state index contributed by atoms with van der Waals surface area (Å²) in [6.07, 6.45) is 0. The molecule has 2 rings (SSSR count). The van der Waals surface area contributed by atoms with E-state index in [0.29, 0.717) is 16.3 Å². The smallest absolute Gasteiger partial charge is 0.240 e. The molecule has 0 heterocycles. The van der Waals surface area contributed by atoms with Crippen molar-refractivity contribution in [3.05, 3.63) is 54.1 Å². The lowest BCUT2D eigenvalue weighted by molar-refractivity contribution is -0.115. The fourth-order valence-corrected chi connectivity index (χ4v) is 3.16. The number of para-hydroxylation sites is 1. The molecule has 0 aliphatic rings. The van der Waals surface area contributed by atoms with Gasteiger partial charge in [-0.25, -0.2) is 0 Å². The van der Waals surface area contributed by atoms with Gasteiger partial charge in [0.25, 0.3) is 0 Å². The molecule has 0 radical (unpaired) electrons. The number of hydrogen-bond acceptors (Lipinski definition) is 3. The Kier molecular flexibility index (Phi) is 4.75. The van der Waals surface area contributed by atoms with Gasteiger partial charge < -0.3 is 11.1 Å². The highest BCUT2D eigenvalue weighted by atomic mass is 32.2. The Labute approximate surface area is 126 Å². The molecule has 2 aromatic rings. The van der Waals surface area contributed by atoms with Crippen molar-refractivity contribution < 1.29 is 9.00 Å². The monoisotopic (exact) mass is 302 g/mol. The molecule has 0 saturated heterocycles. The molecule has 5 heteroatoms. The Morgan fingerprint density at radius 2 is 1.86 bits per heavy atom. The van der Waals surface area contributed by atoms with E-state index in [4.69, 9.17) is 5.73 Å². The van der Waals surface area contributed by atoms with Crippen molar-refractivity contribution in [3.63, 3.8) is 0 Å². The molecule has 4 nitrogen and oxygen atoms in total. The van der Waals surface area contributed by atoms with Crippen LogP contribution in [-0.4, -0.2) is 15.4 Å². The molecule has 0 fully saturated rings. The second-order valence-corrected chi connectivity index (χ2v) is 6.56. The third-order valence-corrected chi connectivity index (χ3v) is 4.90. The maximum Gasteiger partial charge on any atom is 0.240 e. The number of nitrogens with one attached hydrogen (secondary N) is 1. The van der Waals surface area contributed by atoms with Gasteiger partial charge in [-0.1, -0.05) is 18.2 Å². The molecular formula is C16H18N2O2S. The van der Waals surface area contributed by atoms with Crippen molar-refractivity contribution in [1.29, 1.82) is 0 Å². The van der Waals surface area contributed by atoms with Crippen LogP contribution in [-0.2, 0) is 15.6 Å². The number of benzene rings is 2. The van der Waals surface area contributed by atoms with E-state index >= 15 is 0 Å². The minimum atomic E-state index is -1.42. The highest BCUT2D eigenvalue weighted by Crippen LogP contribution is 2.20. The number of rotatable bonds is 4. The summed E-state index contributed by atoms with van der Waals surface area (Å²) in [6, 6.07) is 14.3. The first-order valence-electron chi connectivity index (χ1n) is 6.61. The predicted molar refractivity (Wildman–Crippen MR) is 86.5 cm³/mol. The summed E-state index contributed by atoms with van der Waals surface area (Å²) in [7, 11) is -1.42. The fraction of sp³-hybridized carbons (Fsp3) is 0.188. The van der Waals surface area contributed by atoms with Gasteiger partial charge in [-0.2, -0.15) is 0 Å². The number of nitrogen functional groups attached to an aromatic ring is 1. The lowest BCUT2D eigenvalue weighted by atomic mass is 10.2. The molecule has 1 amide bonds. The summed E-state index contributed by atoms with van der Waals surface area (Å²) in [5, 5.41) is 2.12. The van der Waals surface area contributed by atoms with Gasteiger partial charge in [0.15, 0.2) is 0 Å². The molecule has 3 N–H and O–H groups in total. The van der Waals surface area contributed by atoms with Crippen LogP contribution in [0.2, 0.25) is 0 Å². The summed E-state index contributed by atoms with van der Waals surface area (Å²) in [6.45, 7) is 3.50. The zero-order valence-corrected chi connectivity index (χ0v) is 12.8. The van der Waals surface area contributed by atoms with E-state index in [9.17, 15) is 9.00 Å². The maximum atomic E-state index is 12.5. The third kappa shape index (κ3) is 3.70. The van der Waals surface area contributed by atoms with E-state index in [1.54, 1.807) is 37.3 Å². The van der Waals surface area contributed by atoms with Crippen molar-refractivity contribution in [2.75, 3.05) is 11.1 Å². The normalized spacial score (nSPS) is 13.4. The molecule has 0 aromatic heterocycles. The van der Waals surface area contributed by atoms with Crippen LogP contribution in [0.3, 0.4) is 0 Å². The van der Waals surface area contributed by atoms with Gasteiger partial charge in [0.1, 0.15) is 5.25 Å². The maximum absolute atomic E-state index is 12.5. The summed E-state index contributed by atoms with van der Waals surface area (Å²) in [5.41, 5.74) is 7.83. The number of carbonyl (C=O) groups excluding carboxylic acids is 1. The number of nitrogens with two attached hydrogens (primary N) is 1. The molecule has 110 valence electrons. The zero-order chi connectivity index (χ0) is 15.4. The van der Waals surface area contributed by atoms with Crippen LogP contribution >= 0.6 is 0 Å². The van der Waals surface area contributed by atoms with Crippen molar-refractivity contribution in [3.8, 4) is 0 Å². The van der Waals surface area contributed by atoms with Gasteiger partial charge in [-0.3, -0.25) is 9.00 Å². The Balaban J connectivity index is 2.13. The number of carbonyl (C=O) groups is 1. The average molecular weight is 302 g/mol. The Morgan fingerprint density at radius 1 is 1.19 bits per heavy atom. The SMILES string of the molecule is Cc1cc(N)ccc1S(=O)C(C)C(=O)Nc1ccccc1. The first kappa shape index (κ1) is 15.3. The van der Waals surface area contributed by atoms with Gasteiger partial charge in [0.2, 0.25) is 5.91 Å². The van der Waals surface area contributed by atoms with Gasteiger partial charge >= 0.3 is 0 Å². The third-order valence-electron chi connectivity index (χ3n) is 3.15. The standard InChI is InChI=1S/C16H18N2O2S/c1-11-10-13(17)8-9-15(11)21(20)12(2)16(19)18-14-6-4-3-5-7-14/h3-10,12H,17H2,1-2H3,(H,18,19). The average Bonchev–Trinajstić information content (AvgIpc) is 2.47. The van der Waals surface area contributed by atoms with Crippen LogP contribution < -0.4 is 11.1 Å². The molecule has 21 heavy (non-hydrogen) atoms. The van der Waals surface area contributed by atoms with E-state index in [0.717, 1.165) is 5.56 Å². The Bertz CT molecular complexity index is 671. The van der Waals surface area contributed by atoms with Crippen molar-refractivity contribution in [2.24, 2.45) is 0 Å². The van der Waals surface area contributed by atoms with E-state index < -0.39 is 16.0 Å². The van der Waals surface area contributed by atoms with E-state index in [1.165, 1.54) is 0 Å². The number of amides is 1. The van der Waals surface area contributed by atoms with Gasteiger partial charge in [-0.15, -0.1) is 0 Å². The zero-order valence-electron chi connectivity index (χ0n) is 12.0. The second-order valence-electron chi connectivity index (χ2n) is 4.82. The first-order chi connectivity index (χ1) is 9.99. The van der Waals surface area contributed by atoms with Crippen molar-refractivity contribution in [1.82, 2.24) is 0 Å². The second kappa shape index (κ2) is 6.54. The topological polar surface area (TPSA) is 72.2 Å². The largest absolute Gasteiger partial charge is 0.399 e. The Morgan fingerprint density at radius 3 is 2.48 bits per heavy atom. The quantitative estimate of drug-likeness (QED) is 0.853. The van der Waals surface area contributed by atoms with Crippen molar-refractivity contribution >= 4 is 28.1 Å². The van der Waals surface area contributed by atoms with Crippen LogP contribution in [0.4, 0.5) is 11.4 Å². The van der Waals surface area contributed by atoms with Crippen LogP contribution in [0.5, 0.6) is 0 Å². The van der Waals surface area contributed by atoms with Gasteiger partial charge in [0.05, 0.1) is 10.8 Å². The number of aryl methyl sites for hydroxylation is 1. The molecular weight excluding hydrogens is 284 g/mol. The molecule has 0 bridgehead atoms. The van der Waals surface area contributed by atoms with E-state index in [-0.39, 0.29) is 5.91 Å². The van der Waals surface area contributed by atoms with Crippen LogP contribution in [0.25, 0.3) is 0 Å². The molecule has 2 aromatic carbocycles. The Hall–Kier alpha value is -2.14. The molecule has 2 atom stereocenters. The molecule has 0 saturated carbocycles. The van der Waals surface area contributed by atoms with Crippen molar-refractivity contribution in [2.45, 2.75) is 24.0 Å². The predicted octanol–water partition coefficient (Wildman–Crippen LogP) is 2.71. The van der Waals surface area contributed by atoms with Crippen LogP contribution in [0.1, 0.15) is 12.5 Å². The summed E-state index contributed by atoms with van der Waals surface area (Å²) in [4.78, 5) is 12.8. The van der Waals surface area contributed by atoms with Crippen LogP contribution in [0.15, 0.2) is 53.4 Å². The van der Waals surface area contributed by atoms with E-state index in [1.807, 2.05) is 25.1 Å². The minimum absolute atomic E-state index is 0.268. The number of hydrogen-bond donors (Lipinski definition) is 2. The molecule has 2 unspecified atom stereocenters. The molecule has 0 spiro atoms.